The fourth-order valence-corrected chi connectivity index (χ4v) is 2.03. The lowest BCUT2D eigenvalue weighted by Crippen LogP contribution is -2.34. The van der Waals surface area contributed by atoms with Gasteiger partial charge in [-0.05, 0) is 28.1 Å². The monoisotopic (exact) mass is 328 g/mol. The van der Waals surface area contributed by atoms with E-state index in [1.54, 1.807) is 18.3 Å². The smallest absolute Gasteiger partial charge is 0.152 e. The van der Waals surface area contributed by atoms with Gasteiger partial charge in [0.25, 0.3) is 0 Å². The average molecular weight is 329 g/mol. The zero-order valence-electron chi connectivity index (χ0n) is 10.1. The third-order valence-corrected chi connectivity index (χ3v) is 3.32. The summed E-state index contributed by atoms with van der Waals surface area (Å²) in [4.78, 5) is 5.26. The van der Waals surface area contributed by atoms with Gasteiger partial charge in [0.05, 0.1) is 16.7 Å². The van der Waals surface area contributed by atoms with Gasteiger partial charge in [0, 0.05) is 24.4 Å². The number of rotatable bonds is 4. The predicted octanol–water partition coefficient (Wildman–Crippen LogP) is 1.69. The lowest BCUT2D eigenvalue weighted by atomic mass is 10.0. The molecule has 7 heteroatoms. The summed E-state index contributed by atoms with van der Waals surface area (Å²) in [5.41, 5.74) is 6.65. The van der Waals surface area contributed by atoms with Crippen LogP contribution in [-0.2, 0) is 4.84 Å². The highest BCUT2D eigenvalue weighted by Crippen LogP contribution is 2.21. The van der Waals surface area contributed by atoms with Crippen molar-refractivity contribution in [2.75, 3.05) is 6.54 Å². The Hall–Kier alpha value is -1.60. The second-order valence-corrected chi connectivity index (χ2v) is 4.99. The van der Waals surface area contributed by atoms with E-state index < -0.39 is 0 Å². The van der Waals surface area contributed by atoms with Gasteiger partial charge in [-0.25, -0.2) is 10.2 Å². The fraction of sp³-hybridized carbons (Fsp3) is 0.250. The number of hydrogen-bond donors (Lipinski definition) is 2. The molecule has 5 nitrogen and oxygen atoms in total. The fourth-order valence-electron chi connectivity index (χ4n) is 1.78. The summed E-state index contributed by atoms with van der Waals surface area (Å²) < 4.78 is 13.9. The zero-order chi connectivity index (χ0) is 13.8. The zero-order valence-corrected chi connectivity index (χ0v) is 11.7. The van der Waals surface area contributed by atoms with Gasteiger partial charge in [-0.15, -0.1) is 0 Å². The molecule has 1 aliphatic heterocycles. The van der Waals surface area contributed by atoms with Crippen molar-refractivity contribution in [2.24, 2.45) is 16.7 Å². The quantitative estimate of drug-likeness (QED) is 0.651. The van der Waals surface area contributed by atoms with Gasteiger partial charge in [-0.1, -0.05) is 11.2 Å². The minimum Gasteiger partial charge on any atom is -0.403 e. The standard InChI is InChI=1S/C12H14BrFN4O/c13-10-2-1-8(5-11(10)14)12-6-9(19-17-12)7-18(16)4-3-15/h1-5,9H,6-7,15-16H2/b4-3-. The maximum Gasteiger partial charge on any atom is 0.152 e. The largest absolute Gasteiger partial charge is 0.403 e. The van der Waals surface area contributed by atoms with Crippen LogP contribution in [0.15, 0.2) is 40.2 Å². The SMILES string of the molecule is N/C=C\N(N)CC1CC(c2ccc(Br)c(F)c2)=NO1. The first-order chi connectivity index (χ1) is 9.10. The molecule has 19 heavy (non-hydrogen) atoms. The summed E-state index contributed by atoms with van der Waals surface area (Å²) in [6.07, 6.45) is 3.30. The van der Waals surface area contributed by atoms with Crippen LogP contribution in [0.1, 0.15) is 12.0 Å². The van der Waals surface area contributed by atoms with Gasteiger partial charge >= 0.3 is 0 Å². The predicted molar refractivity (Wildman–Crippen MR) is 74.3 cm³/mol. The lowest BCUT2D eigenvalue weighted by Gasteiger charge is -2.16. The van der Waals surface area contributed by atoms with Gasteiger partial charge in [-0.2, -0.15) is 0 Å². The van der Waals surface area contributed by atoms with Crippen molar-refractivity contribution in [2.45, 2.75) is 12.5 Å². The Morgan fingerprint density at radius 3 is 3.05 bits per heavy atom. The molecule has 102 valence electrons. The molecule has 0 aromatic heterocycles. The van der Waals surface area contributed by atoms with Crippen molar-refractivity contribution >= 4 is 21.6 Å². The van der Waals surface area contributed by atoms with Crippen LogP contribution in [0.5, 0.6) is 0 Å². The molecular formula is C12H14BrFN4O. The molecule has 0 fully saturated rings. The van der Waals surface area contributed by atoms with Gasteiger partial charge in [0.1, 0.15) is 5.82 Å². The second kappa shape index (κ2) is 6.03. The van der Waals surface area contributed by atoms with Crippen LogP contribution in [0.25, 0.3) is 0 Å². The summed E-state index contributed by atoms with van der Waals surface area (Å²) in [7, 11) is 0. The number of nitrogens with two attached hydrogens (primary N) is 2. The number of oxime groups is 1. The first kappa shape index (κ1) is 13.8. The van der Waals surface area contributed by atoms with Gasteiger partial charge in [0.2, 0.25) is 0 Å². The molecule has 1 atom stereocenters. The van der Waals surface area contributed by atoms with Crippen LogP contribution in [0.3, 0.4) is 0 Å². The molecule has 1 aromatic carbocycles. The number of nitrogens with zero attached hydrogens (tertiary/aromatic N) is 2. The highest BCUT2D eigenvalue weighted by atomic mass is 79.9. The Balaban J connectivity index is 1.99. The third kappa shape index (κ3) is 3.45. The molecule has 0 amide bonds. The number of hydrazine groups is 1. The summed E-state index contributed by atoms with van der Waals surface area (Å²) in [6.45, 7) is 0.458. The number of halogens is 2. The number of benzene rings is 1. The van der Waals surface area contributed by atoms with Crippen molar-refractivity contribution in [3.05, 3.63) is 46.5 Å². The maximum absolute atomic E-state index is 13.4. The Labute approximate surface area is 118 Å². The molecular weight excluding hydrogens is 315 g/mol. The highest BCUT2D eigenvalue weighted by Gasteiger charge is 2.23. The molecule has 2 rings (SSSR count). The van der Waals surface area contributed by atoms with E-state index in [0.29, 0.717) is 28.7 Å². The van der Waals surface area contributed by atoms with Crippen LogP contribution in [0.2, 0.25) is 0 Å². The van der Waals surface area contributed by atoms with Crippen molar-refractivity contribution < 1.29 is 9.23 Å². The van der Waals surface area contributed by atoms with Gasteiger partial charge < -0.3 is 15.6 Å². The Morgan fingerprint density at radius 2 is 2.37 bits per heavy atom. The molecule has 1 aromatic rings. The van der Waals surface area contributed by atoms with Gasteiger partial charge in [0.15, 0.2) is 6.10 Å². The molecule has 0 bridgehead atoms. The topological polar surface area (TPSA) is 76.9 Å². The molecule has 1 aliphatic rings. The van der Waals surface area contributed by atoms with Crippen LogP contribution in [0, 0.1) is 5.82 Å². The minimum absolute atomic E-state index is 0.164. The molecule has 0 saturated carbocycles. The van der Waals surface area contributed by atoms with Crippen LogP contribution in [-0.4, -0.2) is 23.4 Å². The van der Waals surface area contributed by atoms with E-state index in [1.165, 1.54) is 17.3 Å². The third-order valence-electron chi connectivity index (χ3n) is 2.68. The number of hydrogen-bond acceptors (Lipinski definition) is 5. The molecule has 0 aliphatic carbocycles. The molecule has 0 saturated heterocycles. The summed E-state index contributed by atoms with van der Waals surface area (Å²) in [5.74, 6) is 5.34. The first-order valence-corrected chi connectivity index (χ1v) is 6.47. The maximum atomic E-state index is 13.4. The van der Waals surface area contributed by atoms with Crippen LogP contribution < -0.4 is 11.6 Å². The van der Waals surface area contributed by atoms with Crippen molar-refractivity contribution in [1.29, 1.82) is 0 Å². The molecule has 0 radical (unpaired) electrons. The summed E-state index contributed by atoms with van der Waals surface area (Å²) >= 11 is 3.11. The highest BCUT2D eigenvalue weighted by molar-refractivity contribution is 9.10. The Kier molecular flexibility index (Phi) is 4.39. The van der Waals surface area contributed by atoms with E-state index in [-0.39, 0.29) is 11.9 Å². The average Bonchev–Trinajstić information content (AvgIpc) is 2.81. The van der Waals surface area contributed by atoms with Crippen molar-refractivity contribution in [3.8, 4) is 0 Å². The minimum atomic E-state index is -0.324. The Bertz CT molecular complexity index is 520. The van der Waals surface area contributed by atoms with E-state index >= 15 is 0 Å². The van der Waals surface area contributed by atoms with Crippen molar-refractivity contribution in [1.82, 2.24) is 5.01 Å². The molecule has 0 spiro atoms. The summed E-state index contributed by atoms with van der Waals surface area (Å²) in [6, 6.07) is 4.86. The first-order valence-electron chi connectivity index (χ1n) is 5.68. The molecule has 4 N–H and O–H groups in total. The summed E-state index contributed by atoms with van der Waals surface area (Å²) in [5, 5.41) is 5.39. The van der Waals surface area contributed by atoms with Gasteiger partial charge in [-0.3, -0.25) is 0 Å². The molecule has 1 unspecified atom stereocenters. The van der Waals surface area contributed by atoms with E-state index in [0.717, 1.165) is 0 Å². The molecule has 1 heterocycles. The lowest BCUT2D eigenvalue weighted by molar-refractivity contribution is 0.0640. The second-order valence-electron chi connectivity index (χ2n) is 4.14. The Morgan fingerprint density at radius 1 is 1.58 bits per heavy atom. The van der Waals surface area contributed by atoms with Crippen molar-refractivity contribution in [3.63, 3.8) is 0 Å². The van der Waals surface area contributed by atoms with E-state index in [1.807, 2.05) is 0 Å². The van der Waals surface area contributed by atoms with E-state index in [2.05, 4.69) is 21.1 Å². The van der Waals surface area contributed by atoms with E-state index in [9.17, 15) is 4.39 Å². The normalized spacial score (nSPS) is 18.5. The van der Waals surface area contributed by atoms with Crippen LogP contribution in [0.4, 0.5) is 4.39 Å². The van der Waals surface area contributed by atoms with Crippen LogP contribution >= 0.6 is 15.9 Å². The van der Waals surface area contributed by atoms with E-state index in [4.69, 9.17) is 16.4 Å².